The maximum absolute atomic E-state index is 13.0. The molecule has 1 aromatic carbocycles. The van der Waals surface area contributed by atoms with Gasteiger partial charge in [0, 0.05) is 0 Å². The van der Waals surface area contributed by atoms with E-state index in [1.54, 1.807) is 6.07 Å². The van der Waals surface area contributed by atoms with E-state index in [1.807, 2.05) is 5.43 Å². The number of carbonyl (C=O) groups is 3. The fraction of sp³-hybridized carbons (Fsp3) is 0.375. The van der Waals surface area contributed by atoms with Crippen LogP contribution in [-0.2, 0) is 28.9 Å². The average Bonchev–Trinajstić information content (AvgIpc) is 2.64. The first-order chi connectivity index (χ1) is 12.7. The SMILES string of the molecule is CCOC(=O)C(/C(C)=N/NC(N)=O)C(C(=O)OC)S(=O)(=O)c1ccccc1. The predicted molar refractivity (Wildman–Crippen MR) is 95.4 cm³/mol. The summed E-state index contributed by atoms with van der Waals surface area (Å²) in [6.07, 6.45) is 0. The molecule has 0 aliphatic rings. The van der Waals surface area contributed by atoms with Crippen molar-refractivity contribution in [2.45, 2.75) is 24.0 Å². The molecule has 3 N–H and O–H groups in total. The van der Waals surface area contributed by atoms with Crippen molar-refractivity contribution in [1.29, 1.82) is 0 Å². The van der Waals surface area contributed by atoms with Crippen molar-refractivity contribution in [3.05, 3.63) is 30.3 Å². The molecule has 0 saturated carbocycles. The highest BCUT2D eigenvalue weighted by molar-refractivity contribution is 7.92. The summed E-state index contributed by atoms with van der Waals surface area (Å²) in [5, 5.41) is 1.62. The van der Waals surface area contributed by atoms with Crippen LogP contribution < -0.4 is 11.2 Å². The van der Waals surface area contributed by atoms with Crippen LogP contribution in [-0.4, -0.2) is 51.1 Å². The first-order valence-electron chi connectivity index (χ1n) is 7.79. The highest BCUT2D eigenvalue weighted by atomic mass is 32.2. The van der Waals surface area contributed by atoms with Gasteiger partial charge in [0.2, 0.25) is 0 Å². The normalized spacial score (nSPS) is 14.0. The number of sulfone groups is 1. The monoisotopic (exact) mass is 399 g/mol. The van der Waals surface area contributed by atoms with E-state index in [9.17, 15) is 22.8 Å². The summed E-state index contributed by atoms with van der Waals surface area (Å²) in [5.41, 5.74) is 6.64. The van der Waals surface area contributed by atoms with Gasteiger partial charge in [-0.1, -0.05) is 18.2 Å². The number of amides is 2. The number of urea groups is 1. The lowest BCUT2D eigenvalue weighted by atomic mass is 10.00. The van der Waals surface area contributed by atoms with Crippen LogP contribution in [0.1, 0.15) is 13.8 Å². The summed E-state index contributed by atoms with van der Waals surface area (Å²) in [7, 11) is -3.37. The summed E-state index contributed by atoms with van der Waals surface area (Å²) >= 11 is 0. The zero-order valence-corrected chi connectivity index (χ0v) is 15.9. The molecule has 0 fully saturated rings. The van der Waals surface area contributed by atoms with Crippen molar-refractivity contribution in [3.8, 4) is 0 Å². The van der Waals surface area contributed by atoms with Gasteiger partial charge in [-0.2, -0.15) is 5.10 Å². The van der Waals surface area contributed by atoms with Crippen molar-refractivity contribution in [2.24, 2.45) is 16.8 Å². The van der Waals surface area contributed by atoms with Crippen LogP contribution in [0.25, 0.3) is 0 Å². The van der Waals surface area contributed by atoms with E-state index in [2.05, 4.69) is 9.84 Å². The van der Waals surface area contributed by atoms with Crippen LogP contribution in [0.15, 0.2) is 40.3 Å². The number of nitrogens with two attached hydrogens (primary N) is 1. The molecule has 0 aromatic heterocycles. The number of carbonyl (C=O) groups excluding carboxylic acids is 3. The molecule has 0 saturated heterocycles. The van der Waals surface area contributed by atoms with Gasteiger partial charge in [-0.15, -0.1) is 0 Å². The van der Waals surface area contributed by atoms with Crippen molar-refractivity contribution < 1.29 is 32.3 Å². The van der Waals surface area contributed by atoms with Gasteiger partial charge in [-0.3, -0.25) is 9.59 Å². The topological polar surface area (TPSA) is 154 Å². The van der Waals surface area contributed by atoms with E-state index in [4.69, 9.17) is 10.5 Å². The van der Waals surface area contributed by atoms with E-state index in [0.717, 1.165) is 7.11 Å². The van der Waals surface area contributed by atoms with Crippen LogP contribution in [0.3, 0.4) is 0 Å². The lowest BCUT2D eigenvalue weighted by Crippen LogP contribution is -2.46. The van der Waals surface area contributed by atoms with Gasteiger partial charge >= 0.3 is 18.0 Å². The summed E-state index contributed by atoms with van der Waals surface area (Å²) < 4.78 is 35.6. The lowest BCUT2D eigenvalue weighted by Gasteiger charge is -2.23. The van der Waals surface area contributed by atoms with Crippen molar-refractivity contribution in [2.75, 3.05) is 13.7 Å². The Hall–Kier alpha value is -2.95. The largest absolute Gasteiger partial charge is 0.468 e. The molecule has 1 aromatic rings. The number of nitrogens with one attached hydrogen (secondary N) is 1. The van der Waals surface area contributed by atoms with Crippen molar-refractivity contribution >= 4 is 33.5 Å². The molecule has 11 heteroatoms. The van der Waals surface area contributed by atoms with Crippen LogP contribution in [0.2, 0.25) is 0 Å². The zero-order valence-electron chi connectivity index (χ0n) is 15.0. The van der Waals surface area contributed by atoms with E-state index >= 15 is 0 Å². The average molecular weight is 399 g/mol. The lowest BCUT2D eigenvalue weighted by molar-refractivity contribution is -0.150. The molecule has 0 bridgehead atoms. The second-order valence-corrected chi connectivity index (χ2v) is 7.33. The molecule has 0 spiro atoms. The summed E-state index contributed by atoms with van der Waals surface area (Å²) in [4.78, 5) is 35.5. The van der Waals surface area contributed by atoms with E-state index in [1.165, 1.54) is 38.1 Å². The van der Waals surface area contributed by atoms with Crippen LogP contribution in [0, 0.1) is 5.92 Å². The first-order valence-corrected chi connectivity index (χ1v) is 9.34. The molecule has 2 unspecified atom stereocenters. The highest BCUT2D eigenvalue weighted by Gasteiger charge is 2.47. The maximum Gasteiger partial charge on any atom is 0.332 e. The smallest absolute Gasteiger partial charge is 0.332 e. The Morgan fingerprint density at radius 2 is 1.78 bits per heavy atom. The fourth-order valence-corrected chi connectivity index (χ4v) is 4.12. The number of methoxy groups -OCH3 is 1. The summed E-state index contributed by atoms with van der Waals surface area (Å²) in [6, 6.07) is 6.06. The Balaban J connectivity index is 3.57. The molecular formula is C16H21N3O7S. The number of rotatable bonds is 8. The molecule has 148 valence electrons. The minimum Gasteiger partial charge on any atom is -0.468 e. The number of ether oxygens (including phenoxy) is 2. The fourth-order valence-electron chi connectivity index (χ4n) is 2.27. The molecule has 2 atom stereocenters. The Morgan fingerprint density at radius 1 is 1.19 bits per heavy atom. The minimum absolute atomic E-state index is 0.0643. The van der Waals surface area contributed by atoms with Gasteiger partial charge in [0.25, 0.3) is 0 Å². The molecule has 0 radical (unpaired) electrons. The first kappa shape index (κ1) is 22.1. The number of esters is 2. The number of nitrogens with zero attached hydrogens (tertiary/aromatic N) is 1. The third-order valence-corrected chi connectivity index (χ3v) is 5.54. The second-order valence-electron chi connectivity index (χ2n) is 5.26. The van der Waals surface area contributed by atoms with Crippen LogP contribution in [0.4, 0.5) is 4.79 Å². The van der Waals surface area contributed by atoms with Gasteiger partial charge in [-0.05, 0) is 26.0 Å². The number of primary amides is 1. The third-order valence-electron chi connectivity index (χ3n) is 3.48. The van der Waals surface area contributed by atoms with Gasteiger partial charge in [0.15, 0.2) is 15.1 Å². The Labute approximate surface area is 156 Å². The van der Waals surface area contributed by atoms with Crippen LogP contribution in [0.5, 0.6) is 0 Å². The van der Waals surface area contributed by atoms with Gasteiger partial charge in [0.05, 0.1) is 24.3 Å². The molecule has 0 aliphatic heterocycles. The Kier molecular flexibility index (Phi) is 7.91. The quantitative estimate of drug-likeness (QED) is 0.360. The summed E-state index contributed by atoms with van der Waals surface area (Å²) in [6.45, 7) is 2.71. The number of benzene rings is 1. The molecular weight excluding hydrogens is 378 g/mol. The molecule has 2 amide bonds. The molecule has 27 heavy (non-hydrogen) atoms. The number of hydrazone groups is 1. The number of hydrogen-bond donors (Lipinski definition) is 2. The zero-order chi connectivity index (χ0) is 20.6. The third kappa shape index (κ3) is 5.51. The van der Waals surface area contributed by atoms with Crippen molar-refractivity contribution in [1.82, 2.24) is 5.43 Å². The Bertz CT molecular complexity index is 822. The van der Waals surface area contributed by atoms with Gasteiger partial charge in [-0.25, -0.2) is 18.6 Å². The molecule has 0 heterocycles. The molecule has 10 nitrogen and oxygen atoms in total. The molecule has 0 aliphatic carbocycles. The predicted octanol–water partition coefficient (Wildman–Crippen LogP) is 0.225. The van der Waals surface area contributed by atoms with E-state index < -0.39 is 39.0 Å². The van der Waals surface area contributed by atoms with Crippen LogP contribution >= 0.6 is 0 Å². The number of hydrogen-bond acceptors (Lipinski definition) is 8. The molecule has 1 rings (SSSR count). The van der Waals surface area contributed by atoms with Gasteiger partial charge < -0.3 is 15.2 Å². The van der Waals surface area contributed by atoms with E-state index in [-0.39, 0.29) is 17.2 Å². The van der Waals surface area contributed by atoms with Gasteiger partial charge in [0.1, 0.15) is 5.92 Å². The second kappa shape index (κ2) is 9.67. The van der Waals surface area contributed by atoms with E-state index in [0.29, 0.717) is 0 Å². The Morgan fingerprint density at radius 3 is 2.26 bits per heavy atom. The highest BCUT2D eigenvalue weighted by Crippen LogP contribution is 2.25. The minimum atomic E-state index is -4.36. The standard InChI is InChI=1S/C16H21N3O7S/c1-4-26-14(20)12(10(2)18-19-16(17)22)13(15(21)25-3)27(23,24)11-8-6-5-7-9-11/h5-9,12-13H,4H2,1-3H3,(H3,17,19,22)/b18-10+. The van der Waals surface area contributed by atoms with Crippen molar-refractivity contribution in [3.63, 3.8) is 0 Å². The summed E-state index contributed by atoms with van der Waals surface area (Å²) in [5.74, 6) is -3.85. The maximum atomic E-state index is 13.0.